The molecule has 1 amide bonds. The number of aromatic nitrogens is 1. The number of nitrogens with zero attached hydrogens (tertiary/aromatic N) is 1. The fourth-order valence-electron chi connectivity index (χ4n) is 2.25. The lowest BCUT2D eigenvalue weighted by atomic mass is 9.88. The molecule has 1 saturated carbocycles. The number of aliphatic hydroxyl groups is 1. The van der Waals surface area contributed by atoms with E-state index in [9.17, 15) is 9.90 Å². The zero-order valence-electron chi connectivity index (χ0n) is 13.6. The van der Waals surface area contributed by atoms with Gasteiger partial charge in [-0.05, 0) is 38.2 Å². The lowest BCUT2D eigenvalue weighted by Gasteiger charge is -2.29. The van der Waals surface area contributed by atoms with Gasteiger partial charge in [0.25, 0.3) is 5.91 Å². The minimum atomic E-state index is -0.914. The molecule has 2 unspecified atom stereocenters. The highest BCUT2D eigenvalue weighted by Crippen LogP contribution is 2.24. The lowest BCUT2D eigenvalue weighted by molar-refractivity contribution is 0.00592. The molecule has 1 aliphatic rings. The average molecular weight is 306 g/mol. The molecule has 2 rings (SSSR count). The Kier molecular flexibility index (Phi) is 5.40. The minimum Gasteiger partial charge on any atom is -0.474 e. The van der Waals surface area contributed by atoms with Gasteiger partial charge in [0.15, 0.2) is 0 Å². The summed E-state index contributed by atoms with van der Waals surface area (Å²) in [6, 6.07) is 3.31. The molecular formula is C17H26N2O3. The summed E-state index contributed by atoms with van der Waals surface area (Å²) in [4.78, 5) is 16.4. The van der Waals surface area contributed by atoms with Crippen LogP contribution in [0.15, 0.2) is 18.3 Å². The predicted octanol–water partition coefficient (Wildman–Crippen LogP) is 2.54. The zero-order chi connectivity index (χ0) is 16.2. The summed E-state index contributed by atoms with van der Waals surface area (Å²) in [7, 11) is 0. The third kappa shape index (κ3) is 4.19. The van der Waals surface area contributed by atoms with Gasteiger partial charge in [-0.25, -0.2) is 4.98 Å². The summed E-state index contributed by atoms with van der Waals surface area (Å²) in [5, 5.41) is 13.1. The molecule has 0 aliphatic heterocycles. The van der Waals surface area contributed by atoms with Gasteiger partial charge in [-0.3, -0.25) is 4.79 Å². The van der Waals surface area contributed by atoms with Gasteiger partial charge in [0.2, 0.25) is 5.88 Å². The molecule has 1 heterocycles. The molecule has 0 saturated heterocycles. The fraction of sp³-hybridized carbons (Fsp3) is 0.647. The SMILES string of the molecule is CCC(C)C(C)(O)CNC(=O)c1ccnc(OC2CCC2)c1. The molecule has 5 nitrogen and oxygen atoms in total. The molecule has 22 heavy (non-hydrogen) atoms. The van der Waals surface area contributed by atoms with Crippen molar-refractivity contribution < 1.29 is 14.6 Å². The molecule has 1 aromatic rings. The van der Waals surface area contributed by atoms with Gasteiger partial charge in [0.1, 0.15) is 6.10 Å². The highest BCUT2D eigenvalue weighted by molar-refractivity contribution is 5.94. The van der Waals surface area contributed by atoms with Crippen LogP contribution < -0.4 is 10.1 Å². The van der Waals surface area contributed by atoms with Crippen molar-refractivity contribution in [2.75, 3.05) is 6.54 Å². The third-order valence-electron chi connectivity index (χ3n) is 4.62. The first kappa shape index (κ1) is 16.7. The Morgan fingerprint density at radius 1 is 1.59 bits per heavy atom. The monoisotopic (exact) mass is 306 g/mol. The first-order valence-corrected chi connectivity index (χ1v) is 8.05. The molecule has 2 atom stereocenters. The largest absolute Gasteiger partial charge is 0.474 e. The van der Waals surface area contributed by atoms with E-state index < -0.39 is 5.60 Å². The molecule has 0 spiro atoms. The molecule has 1 fully saturated rings. The number of nitrogens with one attached hydrogen (secondary N) is 1. The number of hydrogen-bond acceptors (Lipinski definition) is 4. The van der Waals surface area contributed by atoms with E-state index >= 15 is 0 Å². The van der Waals surface area contributed by atoms with Gasteiger partial charge in [0, 0.05) is 24.4 Å². The van der Waals surface area contributed by atoms with Crippen LogP contribution in [0.25, 0.3) is 0 Å². The third-order valence-corrected chi connectivity index (χ3v) is 4.62. The summed E-state index contributed by atoms with van der Waals surface area (Å²) < 4.78 is 5.70. The molecule has 1 aromatic heterocycles. The predicted molar refractivity (Wildman–Crippen MR) is 84.9 cm³/mol. The van der Waals surface area contributed by atoms with E-state index in [4.69, 9.17) is 4.74 Å². The Morgan fingerprint density at radius 2 is 2.32 bits per heavy atom. The quantitative estimate of drug-likeness (QED) is 0.812. The van der Waals surface area contributed by atoms with Crippen LogP contribution in [0.1, 0.15) is 56.8 Å². The molecule has 0 bridgehead atoms. The van der Waals surface area contributed by atoms with E-state index in [0.29, 0.717) is 11.4 Å². The second-order valence-corrected chi connectivity index (χ2v) is 6.40. The van der Waals surface area contributed by atoms with Crippen molar-refractivity contribution in [2.24, 2.45) is 5.92 Å². The van der Waals surface area contributed by atoms with Crippen LogP contribution >= 0.6 is 0 Å². The van der Waals surface area contributed by atoms with Crippen LogP contribution in [0.3, 0.4) is 0 Å². The summed E-state index contributed by atoms with van der Waals surface area (Å²) in [5.41, 5.74) is -0.410. The smallest absolute Gasteiger partial charge is 0.251 e. The maximum absolute atomic E-state index is 12.2. The van der Waals surface area contributed by atoms with Gasteiger partial charge in [-0.2, -0.15) is 0 Å². The van der Waals surface area contributed by atoms with Crippen molar-refractivity contribution in [2.45, 2.75) is 58.2 Å². The Hall–Kier alpha value is -1.62. The molecular weight excluding hydrogens is 280 g/mol. The van der Waals surface area contributed by atoms with Crippen LogP contribution in [0.5, 0.6) is 5.88 Å². The van der Waals surface area contributed by atoms with Crippen LogP contribution in [0, 0.1) is 5.92 Å². The minimum absolute atomic E-state index is 0.114. The van der Waals surface area contributed by atoms with E-state index in [1.54, 1.807) is 25.3 Å². The summed E-state index contributed by atoms with van der Waals surface area (Å²) in [5.74, 6) is 0.387. The maximum atomic E-state index is 12.2. The topological polar surface area (TPSA) is 71.5 Å². The van der Waals surface area contributed by atoms with Crippen LogP contribution in [-0.2, 0) is 0 Å². The second kappa shape index (κ2) is 7.09. The van der Waals surface area contributed by atoms with E-state index in [1.165, 1.54) is 6.42 Å². The number of pyridine rings is 1. The molecule has 2 N–H and O–H groups in total. The van der Waals surface area contributed by atoms with Crippen molar-refractivity contribution in [1.29, 1.82) is 0 Å². The van der Waals surface area contributed by atoms with E-state index in [0.717, 1.165) is 19.3 Å². The number of carbonyl (C=O) groups excluding carboxylic acids is 1. The average Bonchev–Trinajstić information content (AvgIpc) is 2.48. The van der Waals surface area contributed by atoms with Crippen molar-refractivity contribution in [1.82, 2.24) is 10.3 Å². The standard InChI is InChI=1S/C17H26N2O3/c1-4-12(2)17(3,21)11-19-16(20)13-8-9-18-15(10-13)22-14-6-5-7-14/h8-10,12,14,21H,4-7,11H2,1-3H3,(H,19,20). The molecule has 122 valence electrons. The van der Waals surface area contributed by atoms with Gasteiger partial charge in [-0.15, -0.1) is 0 Å². The van der Waals surface area contributed by atoms with Gasteiger partial charge in [0.05, 0.1) is 5.60 Å². The van der Waals surface area contributed by atoms with Crippen molar-refractivity contribution in [3.05, 3.63) is 23.9 Å². The van der Waals surface area contributed by atoms with E-state index in [2.05, 4.69) is 10.3 Å². The molecule has 0 aromatic carbocycles. The zero-order valence-corrected chi connectivity index (χ0v) is 13.6. The fourth-order valence-corrected chi connectivity index (χ4v) is 2.25. The summed E-state index contributed by atoms with van der Waals surface area (Å²) >= 11 is 0. The normalized spacial score (nSPS) is 18.9. The number of rotatable bonds is 7. The first-order chi connectivity index (χ1) is 10.4. The number of hydrogen-bond donors (Lipinski definition) is 2. The van der Waals surface area contributed by atoms with Crippen LogP contribution in [0.2, 0.25) is 0 Å². The Balaban J connectivity index is 1.93. The van der Waals surface area contributed by atoms with Crippen molar-refractivity contribution in [3.63, 3.8) is 0 Å². The Bertz CT molecular complexity index is 512. The number of ether oxygens (including phenoxy) is 1. The van der Waals surface area contributed by atoms with E-state index in [1.807, 2.05) is 13.8 Å². The van der Waals surface area contributed by atoms with Crippen molar-refractivity contribution >= 4 is 5.91 Å². The van der Waals surface area contributed by atoms with Gasteiger partial charge < -0.3 is 15.2 Å². The number of carbonyl (C=O) groups is 1. The Labute approximate surface area is 132 Å². The molecule has 1 aliphatic carbocycles. The summed E-state index contributed by atoms with van der Waals surface area (Å²) in [6.45, 7) is 5.97. The first-order valence-electron chi connectivity index (χ1n) is 8.05. The van der Waals surface area contributed by atoms with Crippen molar-refractivity contribution in [3.8, 4) is 5.88 Å². The van der Waals surface area contributed by atoms with Crippen LogP contribution in [0.4, 0.5) is 0 Å². The van der Waals surface area contributed by atoms with Crippen LogP contribution in [-0.4, -0.2) is 34.2 Å². The lowest BCUT2D eigenvalue weighted by Crippen LogP contribution is -2.45. The summed E-state index contributed by atoms with van der Waals surface area (Å²) in [6.07, 6.45) is 5.96. The van der Waals surface area contributed by atoms with E-state index in [-0.39, 0.29) is 24.5 Å². The van der Waals surface area contributed by atoms with Gasteiger partial charge >= 0.3 is 0 Å². The number of amides is 1. The maximum Gasteiger partial charge on any atom is 0.251 e. The van der Waals surface area contributed by atoms with Gasteiger partial charge in [-0.1, -0.05) is 20.3 Å². The highest BCUT2D eigenvalue weighted by atomic mass is 16.5. The highest BCUT2D eigenvalue weighted by Gasteiger charge is 2.27. The molecule has 5 heteroatoms. The molecule has 0 radical (unpaired) electrons. The Morgan fingerprint density at radius 3 is 2.91 bits per heavy atom. The second-order valence-electron chi connectivity index (χ2n) is 6.40.